The highest BCUT2D eigenvalue weighted by Crippen LogP contribution is 2.44. The molecule has 2 aromatic heterocycles. The van der Waals surface area contributed by atoms with Crippen LogP contribution in [0.15, 0.2) is 84.9 Å². The van der Waals surface area contributed by atoms with Crippen LogP contribution in [0.4, 0.5) is 13.2 Å². The first-order valence-corrected chi connectivity index (χ1v) is 10.6. The van der Waals surface area contributed by atoms with Gasteiger partial charge in [-0.1, -0.05) is 54.6 Å². The maximum atomic E-state index is 13.4. The van der Waals surface area contributed by atoms with Crippen molar-refractivity contribution in [2.24, 2.45) is 0 Å². The number of fused-ring (bicyclic) bond motifs is 7. The predicted octanol–water partition coefficient (Wildman–Crippen LogP) is 8.44. The molecule has 150 valence electrons. The molecular weight excluding hydrogens is 415 g/mol. The first-order chi connectivity index (χ1) is 15.0. The lowest BCUT2D eigenvalue weighted by Gasteiger charge is -2.11. The molecule has 2 heterocycles. The topological polar surface area (TPSA) is 12.9 Å². The zero-order chi connectivity index (χ0) is 21.2. The van der Waals surface area contributed by atoms with Gasteiger partial charge in [-0.25, -0.2) is 4.98 Å². The molecule has 1 nitrogen and oxygen atoms in total. The number of rotatable bonds is 1. The Morgan fingerprint density at radius 3 is 2.19 bits per heavy atom. The minimum atomic E-state index is -4.38. The highest BCUT2D eigenvalue weighted by atomic mass is 32.1. The molecule has 4 aromatic carbocycles. The molecule has 0 N–H and O–H groups in total. The van der Waals surface area contributed by atoms with Crippen molar-refractivity contribution in [3.63, 3.8) is 0 Å². The van der Waals surface area contributed by atoms with Gasteiger partial charge in [-0.3, -0.25) is 0 Å². The number of alkyl halides is 3. The van der Waals surface area contributed by atoms with E-state index in [2.05, 4.69) is 6.07 Å². The zero-order valence-electron chi connectivity index (χ0n) is 16.1. The number of hydrogen-bond donors (Lipinski definition) is 0. The molecule has 0 aliphatic rings. The van der Waals surface area contributed by atoms with Gasteiger partial charge in [0.25, 0.3) is 0 Å². The van der Waals surface area contributed by atoms with Gasteiger partial charge in [-0.05, 0) is 46.5 Å². The molecule has 0 fully saturated rings. The van der Waals surface area contributed by atoms with Gasteiger partial charge in [0.15, 0.2) is 0 Å². The number of para-hydroxylation sites is 1. The molecular formula is C26H14F3NS. The summed E-state index contributed by atoms with van der Waals surface area (Å²) < 4.78 is 41.1. The van der Waals surface area contributed by atoms with Gasteiger partial charge >= 0.3 is 6.18 Å². The van der Waals surface area contributed by atoms with E-state index in [1.54, 1.807) is 17.4 Å². The summed E-state index contributed by atoms with van der Waals surface area (Å²) in [6, 6.07) is 25.8. The third-order valence-corrected chi connectivity index (χ3v) is 6.87. The molecule has 0 amide bonds. The number of nitrogens with zero attached hydrogens (tertiary/aromatic N) is 1. The Morgan fingerprint density at radius 2 is 1.39 bits per heavy atom. The van der Waals surface area contributed by atoms with Crippen LogP contribution in [0, 0.1) is 0 Å². The van der Waals surface area contributed by atoms with Crippen LogP contribution in [-0.2, 0) is 6.18 Å². The van der Waals surface area contributed by atoms with Gasteiger partial charge < -0.3 is 0 Å². The Kier molecular flexibility index (Phi) is 3.86. The molecule has 0 spiro atoms. The van der Waals surface area contributed by atoms with Crippen molar-refractivity contribution in [3.8, 4) is 10.6 Å². The van der Waals surface area contributed by atoms with Gasteiger partial charge in [-0.15, -0.1) is 11.3 Å². The molecule has 0 aliphatic carbocycles. The smallest absolute Gasteiger partial charge is 0.247 e. The minimum Gasteiger partial charge on any atom is -0.247 e. The monoisotopic (exact) mass is 429 g/mol. The Bertz CT molecular complexity index is 1630. The van der Waals surface area contributed by atoms with E-state index >= 15 is 0 Å². The van der Waals surface area contributed by atoms with E-state index in [9.17, 15) is 13.2 Å². The summed E-state index contributed by atoms with van der Waals surface area (Å²) in [6.07, 6.45) is -4.38. The van der Waals surface area contributed by atoms with E-state index in [0.29, 0.717) is 5.39 Å². The molecule has 6 rings (SSSR count). The normalized spacial score (nSPS) is 12.4. The number of benzene rings is 4. The molecule has 0 radical (unpaired) electrons. The van der Waals surface area contributed by atoms with Crippen molar-refractivity contribution in [3.05, 3.63) is 90.5 Å². The lowest BCUT2D eigenvalue weighted by molar-refractivity contribution is -0.137. The summed E-state index contributed by atoms with van der Waals surface area (Å²) in [4.78, 5) is 5.81. The Morgan fingerprint density at radius 1 is 0.645 bits per heavy atom. The highest BCUT2D eigenvalue weighted by Gasteiger charge is 2.30. The lowest BCUT2D eigenvalue weighted by atomic mass is 9.97. The standard InChI is InChI=1S/C26H14F3NS/c27-26(28,29)16-10-11-19-20(13-16)17-6-2-3-7-18(17)21-14-24(31-25(19)21)23-12-9-15-5-1-4-8-22(15)30-23/h1-14H. The number of pyridine rings is 1. The van der Waals surface area contributed by atoms with Crippen molar-refractivity contribution < 1.29 is 13.2 Å². The second-order valence-corrected chi connectivity index (χ2v) is 8.60. The molecule has 31 heavy (non-hydrogen) atoms. The maximum absolute atomic E-state index is 13.4. The summed E-state index contributed by atoms with van der Waals surface area (Å²) in [5.74, 6) is 0. The Hall–Kier alpha value is -3.44. The molecule has 5 heteroatoms. The largest absolute Gasteiger partial charge is 0.416 e. The van der Waals surface area contributed by atoms with Crippen molar-refractivity contribution in [1.82, 2.24) is 4.98 Å². The molecule has 0 bridgehead atoms. The summed E-state index contributed by atoms with van der Waals surface area (Å²) >= 11 is 1.57. The van der Waals surface area contributed by atoms with E-state index in [4.69, 9.17) is 4.98 Å². The number of halogens is 3. The summed E-state index contributed by atoms with van der Waals surface area (Å²) in [5, 5.41) is 5.34. The average Bonchev–Trinajstić information content (AvgIpc) is 3.24. The van der Waals surface area contributed by atoms with Gasteiger partial charge in [-0.2, -0.15) is 13.2 Å². The average molecular weight is 429 g/mol. The van der Waals surface area contributed by atoms with Crippen LogP contribution in [0.3, 0.4) is 0 Å². The van der Waals surface area contributed by atoms with Crippen molar-refractivity contribution >= 4 is 53.9 Å². The van der Waals surface area contributed by atoms with Crippen LogP contribution in [0.1, 0.15) is 5.56 Å². The fourth-order valence-electron chi connectivity index (χ4n) is 4.21. The summed E-state index contributed by atoms with van der Waals surface area (Å²) in [6.45, 7) is 0. The second kappa shape index (κ2) is 6.53. The molecule has 0 aliphatic heterocycles. The maximum Gasteiger partial charge on any atom is 0.416 e. The quantitative estimate of drug-likeness (QED) is 0.239. The van der Waals surface area contributed by atoms with Crippen LogP contribution in [0.25, 0.3) is 53.1 Å². The van der Waals surface area contributed by atoms with Crippen molar-refractivity contribution in [2.45, 2.75) is 6.18 Å². The number of hydrogen-bond acceptors (Lipinski definition) is 2. The van der Waals surface area contributed by atoms with Gasteiger partial charge in [0, 0.05) is 20.9 Å². The zero-order valence-corrected chi connectivity index (χ0v) is 16.9. The molecule has 0 saturated heterocycles. The first-order valence-electron chi connectivity index (χ1n) is 9.80. The second-order valence-electron chi connectivity index (χ2n) is 7.55. The predicted molar refractivity (Wildman–Crippen MR) is 123 cm³/mol. The van der Waals surface area contributed by atoms with E-state index in [1.807, 2.05) is 60.7 Å². The fourth-order valence-corrected chi connectivity index (χ4v) is 5.40. The fraction of sp³-hybridized carbons (Fsp3) is 0.0385. The van der Waals surface area contributed by atoms with Crippen LogP contribution in [0.5, 0.6) is 0 Å². The third kappa shape index (κ3) is 2.88. The van der Waals surface area contributed by atoms with Crippen LogP contribution >= 0.6 is 11.3 Å². The first kappa shape index (κ1) is 18.3. The van der Waals surface area contributed by atoms with E-state index in [-0.39, 0.29) is 0 Å². The van der Waals surface area contributed by atoms with Crippen LogP contribution in [0.2, 0.25) is 0 Å². The highest BCUT2D eigenvalue weighted by molar-refractivity contribution is 7.23. The van der Waals surface area contributed by atoms with E-state index < -0.39 is 11.7 Å². The van der Waals surface area contributed by atoms with Crippen molar-refractivity contribution in [2.75, 3.05) is 0 Å². The van der Waals surface area contributed by atoms with E-state index in [0.717, 1.165) is 47.7 Å². The van der Waals surface area contributed by atoms with E-state index in [1.165, 1.54) is 12.1 Å². The van der Waals surface area contributed by atoms with Gasteiger partial charge in [0.05, 0.1) is 21.7 Å². The molecule has 6 aromatic rings. The third-order valence-electron chi connectivity index (χ3n) is 5.68. The Balaban J connectivity index is 1.68. The van der Waals surface area contributed by atoms with Crippen LogP contribution < -0.4 is 0 Å². The molecule has 0 saturated carbocycles. The minimum absolute atomic E-state index is 0.623. The van der Waals surface area contributed by atoms with Crippen molar-refractivity contribution in [1.29, 1.82) is 0 Å². The SMILES string of the molecule is FC(F)(F)c1ccc2c(c1)c1ccccc1c1cc(-c3ccc4ccccc4n3)sc21. The summed E-state index contributed by atoms with van der Waals surface area (Å²) in [7, 11) is 0. The van der Waals surface area contributed by atoms with Gasteiger partial charge in [0.1, 0.15) is 0 Å². The van der Waals surface area contributed by atoms with Gasteiger partial charge in [0.2, 0.25) is 0 Å². The number of thiophene rings is 1. The lowest BCUT2D eigenvalue weighted by Crippen LogP contribution is -2.04. The summed E-state index contributed by atoms with van der Waals surface area (Å²) in [5.41, 5.74) is 1.16. The Labute approximate surface area is 179 Å². The number of aromatic nitrogens is 1. The van der Waals surface area contributed by atoms with Crippen LogP contribution in [-0.4, -0.2) is 4.98 Å². The molecule has 0 atom stereocenters. The molecule has 0 unspecified atom stereocenters.